The lowest BCUT2D eigenvalue weighted by atomic mass is 9.96. The van der Waals surface area contributed by atoms with Crippen molar-refractivity contribution in [2.45, 2.75) is 19.8 Å². The molecular formula is C14H13NO4. The first-order valence-electron chi connectivity index (χ1n) is 6.00. The monoisotopic (exact) mass is 259 g/mol. The van der Waals surface area contributed by atoms with Gasteiger partial charge in [0.1, 0.15) is 24.0 Å². The summed E-state index contributed by atoms with van der Waals surface area (Å²) < 4.78 is 10.5. The lowest BCUT2D eigenvalue weighted by Crippen LogP contribution is -2.12. The van der Waals surface area contributed by atoms with Crippen LogP contribution in [0.25, 0.3) is 11.1 Å². The summed E-state index contributed by atoms with van der Waals surface area (Å²) in [5.41, 5.74) is 3.33. The minimum atomic E-state index is -0.866. The molecule has 19 heavy (non-hydrogen) atoms. The summed E-state index contributed by atoms with van der Waals surface area (Å²) in [5.74, 6) is -0.101. The van der Waals surface area contributed by atoms with E-state index in [1.807, 2.05) is 26.0 Å². The molecule has 1 unspecified atom stereocenters. The van der Waals surface area contributed by atoms with Crippen LogP contribution in [-0.2, 0) is 4.79 Å². The normalized spacial score (nSPS) is 17.1. The average molecular weight is 259 g/mol. The first-order valence-corrected chi connectivity index (χ1v) is 6.00. The minimum absolute atomic E-state index is 0.190. The number of hydrogen-bond donors (Lipinski definition) is 1. The van der Waals surface area contributed by atoms with E-state index >= 15 is 0 Å². The van der Waals surface area contributed by atoms with Crippen molar-refractivity contribution in [3.8, 4) is 16.9 Å². The van der Waals surface area contributed by atoms with Crippen molar-refractivity contribution in [1.82, 2.24) is 5.16 Å². The number of hydrogen-bond acceptors (Lipinski definition) is 4. The molecular weight excluding hydrogens is 246 g/mol. The fourth-order valence-electron chi connectivity index (χ4n) is 2.47. The first kappa shape index (κ1) is 11.8. The Kier molecular flexibility index (Phi) is 2.55. The Hall–Kier alpha value is -2.30. The quantitative estimate of drug-likeness (QED) is 0.897. The van der Waals surface area contributed by atoms with Gasteiger partial charge in [0.15, 0.2) is 0 Å². The number of aryl methyl sites for hydroxylation is 2. The number of carbonyl (C=O) groups is 1. The Bertz CT molecular complexity index is 640. The number of aliphatic carboxylic acids is 1. The Morgan fingerprint density at radius 3 is 2.84 bits per heavy atom. The molecule has 5 heteroatoms. The number of fused-ring (bicyclic) bond motifs is 1. The van der Waals surface area contributed by atoms with Crippen molar-refractivity contribution >= 4 is 5.97 Å². The highest BCUT2D eigenvalue weighted by Crippen LogP contribution is 2.38. The molecule has 0 amide bonds. The summed E-state index contributed by atoms with van der Waals surface area (Å²) in [7, 11) is 0. The molecule has 0 saturated carbocycles. The third-order valence-corrected chi connectivity index (χ3v) is 3.41. The van der Waals surface area contributed by atoms with Gasteiger partial charge in [-0.15, -0.1) is 0 Å². The number of carboxylic acid groups (broad SMARTS) is 1. The van der Waals surface area contributed by atoms with Gasteiger partial charge in [0.05, 0.1) is 5.69 Å². The molecule has 0 saturated heterocycles. The lowest BCUT2D eigenvalue weighted by Gasteiger charge is -2.05. The van der Waals surface area contributed by atoms with Crippen molar-refractivity contribution < 1.29 is 19.2 Å². The summed E-state index contributed by atoms with van der Waals surface area (Å²) in [4.78, 5) is 11.2. The molecule has 1 aromatic heterocycles. The first-order chi connectivity index (χ1) is 9.08. The molecule has 0 radical (unpaired) electrons. The van der Waals surface area contributed by atoms with E-state index in [4.69, 9.17) is 9.26 Å². The molecule has 1 aliphatic heterocycles. The molecule has 0 aliphatic carbocycles. The Morgan fingerprint density at radius 2 is 2.21 bits per heavy atom. The second-order valence-corrected chi connectivity index (χ2v) is 4.65. The van der Waals surface area contributed by atoms with E-state index in [9.17, 15) is 9.90 Å². The molecule has 1 aromatic carbocycles. The van der Waals surface area contributed by atoms with Crippen LogP contribution in [0.2, 0.25) is 0 Å². The van der Waals surface area contributed by atoms with Gasteiger partial charge in [0.25, 0.3) is 0 Å². The van der Waals surface area contributed by atoms with Crippen molar-refractivity contribution in [1.29, 1.82) is 0 Å². The number of carboxylic acids is 1. The van der Waals surface area contributed by atoms with Gasteiger partial charge in [-0.3, -0.25) is 4.79 Å². The molecule has 1 aliphatic rings. The highest BCUT2D eigenvalue weighted by molar-refractivity contribution is 5.80. The fraction of sp³-hybridized carbons (Fsp3) is 0.286. The van der Waals surface area contributed by atoms with Gasteiger partial charge >= 0.3 is 5.97 Å². The SMILES string of the molecule is Cc1noc(C)c1-c1ccc2c(c1)C(C(=O)O)CO2. The number of nitrogens with zero attached hydrogens (tertiary/aromatic N) is 1. The van der Waals surface area contributed by atoms with Crippen LogP contribution in [0.4, 0.5) is 0 Å². The molecule has 2 aromatic rings. The third-order valence-electron chi connectivity index (χ3n) is 3.41. The molecule has 5 nitrogen and oxygen atoms in total. The predicted molar refractivity (Wildman–Crippen MR) is 67.3 cm³/mol. The van der Waals surface area contributed by atoms with Crippen molar-refractivity contribution in [3.05, 3.63) is 35.2 Å². The molecule has 0 bridgehead atoms. The second-order valence-electron chi connectivity index (χ2n) is 4.65. The zero-order chi connectivity index (χ0) is 13.6. The van der Waals surface area contributed by atoms with Gasteiger partial charge < -0.3 is 14.4 Å². The standard InChI is InChI=1S/C14H13NO4/c1-7-13(8(2)19-15-7)9-3-4-12-10(5-9)11(6-18-12)14(16)17/h3-5,11H,6H2,1-2H3,(H,16,17). The van der Waals surface area contributed by atoms with Gasteiger partial charge in [-0.25, -0.2) is 0 Å². The van der Waals surface area contributed by atoms with Gasteiger partial charge in [0.2, 0.25) is 0 Å². The maximum absolute atomic E-state index is 11.2. The van der Waals surface area contributed by atoms with Crippen molar-refractivity contribution in [2.24, 2.45) is 0 Å². The van der Waals surface area contributed by atoms with Crippen molar-refractivity contribution in [2.75, 3.05) is 6.61 Å². The zero-order valence-electron chi connectivity index (χ0n) is 10.6. The fourth-order valence-corrected chi connectivity index (χ4v) is 2.47. The Balaban J connectivity index is 2.12. The van der Waals surface area contributed by atoms with Gasteiger partial charge in [-0.05, 0) is 31.5 Å². The smallest absolute Gasteiger partial charge is 0.314 e. The van der Waals surface area contributed by atoms with Crippen LogP contribution in [-0.4, -0.2) is 22.8 Å². The summed E-state index contributed by atoms with van der Waals surface area (Å²) in [6.45, 7) is 3.90. The predicted octanol–water partition coefficient (Wildman–Crippen LogP) is 2.52. The van der Waals surface area contributed by atoms with E-state index in [-0.39, 0.29) is 6.61 Å². The molecule has 0 fully saturated rings. The highest BCUT2D eigenvalue weighted by atomic mass is 16.5. The van der Waals surface area contributed by atoms with Crippen molar-refractivity contribution in [3.63, 3.8) is 0 Å². The van der Waals surface area contributed by atoms with Gasteiger partial charge in [-0.1, -0.05) is 11.2 Å². The van der Waals surface area contributed by atoms with E-state index in [0.29, 0.717) is 11.3 Å². The summed E-state index contributed by atoms with van der Waals surface area (Å²) in [6.07, 6.45) is 0. The van der Waals surface area contributed by atoms with Crippen LogP contribution >= 0.6 is 0 Å². The van der Waals surface area contributed by atoms with E-state index in [1.54, 1.807) is 6.07 Å². The molecule has 1 atom stereocenters. The maximum atomic E-state index is 11.2. The molecule has 98 valence electrons. The van der Waals surface area contributed by atoms with Crippen LogP contribution in [0.5, 0.6) is 5.75 Å². The van der Waals surface area contributed by atoms with E-state index in [0.717, 1.165) is 22.6 Å². The van der Waals surface area contributed by atoms with Crippen LogP contribution in [0.15, 0.2) is 22.7 Å². The Labute approximate surface area is 109 Å². The third kappa shape index (κ3) is 1.78. The van der Waals surface area contributed by atoms with Crippen LogP contribution in [0.3, 0.4) is 0 Å². The number of aromatic nitrogens is 1. The molecule has 3 rings (SSSR count). The summed E-state index contributed by atoms with van der Waals surface area (Å²) in [6, 6.07) is 5.56. The Morgan fingerprint density at radius 1 is 1.42 bits per heavy atom. The minimum Gasteiger partial charge on any atom is -0.492 e. The van der Waals surface area contributed by atoms with E-state index < -0.39 is 11.9 Å². The van der Waals surface area contributed by atoms with Crippen LogP contribution < -0.4 is 4.74 Å². The number of ether oxygens (including phenoxy) is 1. The molecule has 0 spiro atoms. The topological polar surface area (TPSA) is 72.6 Å². The average Bonchev–Trinajstić information content (AvgIpc) is 2.92. The van der Waals surface area contributed by atoms with E-state index in [2.05, 4.69) is 5.16 Å². The second kappa shape index (κ2) is 4.12. The summed E-state index contributed by atoms with van der Waals surface area (Å²) >= 11 is 0. The van der Waals surface area contributed by atoms with Gasteiger partial charge in [0, 0.05) is 11.1 Å². The lowest BCUT2D eigenvalue weighted by molar-refractivity contribution is -0.138. The number of benzene rings is 1. The summed E-state index contributed by atoms with van der Waals surface area (Å²) in [5, 5.41) is 13.1. The molecule has 1 N–H and O–H groups in total. The largest absolute Gasteiger partial charge is 0.492 e. The maximum Gasteiger partial charge on any atom is 0.314 e. The van der Waals surface area contributed by atoms with Gasteiger partial charge in [-0.2, -0.15) is 0 Å². The van der Waals surface area contributed by atoms with E-state index in [1.165, 1.54) is 0 Å². The van der Waals surface area contributed by atoms with Crippen LogP contribution in [0, 0.1) is 13.8 Å². The van der Waals surface area contributed by atoms with Crippen LogP contribution in [0.1, 0.15) is 22.9 Å². The number of rotatable bonds is 2. The highest BCUT2D eigenvalue weighted by Gasteiger charge is 2.30. The zero-order valence-corrected chi connectivity index (χ0v) is 10.6. The molecule has 2 heterocycles.